The molecule has 2 atom stereocenters. The summed E-state index contributed by atoms with van der Waals surface area (Å²) in [4.78, 5) is 23.8. The van der Waals surface area contributed by atoms with Gasteiger partial charge < -0.3 is 15.7 Å². The van der Waals surface area contributed by atoms with Gasteiger partial charge in [-0.25, -0.2) is 0 Å². The van der Waals surface area contributed by atoms with Crippen LogP contribution in [0, 0.1) is 0 Å². The van der Waals surface area contributed by atoms with E-state index in [4.69, 9.17) is 23.2 Å². The fourth-order valence-corrected chi connectivity index (χ4v) is 2.96. The van der Waals surface area contributed by atoms with Gasteiger partial charge in [-0.15, -0.1) is 0 Å². The number of nitrogens with one attached hydrogen (secondary N) is 2. The van der Waals surface area contributed by atoms with Crippen LogP contribution < -0.4 is 10.6 Å². The minimum Gasteiger partial charge on any atom is -0.394 e. The maximum atomic E-state index is 12.4. The van der Waals surface area contributed by atoms with Gasteiger partial charge in [0.25, 0.3) is 0 Å². The maximum absolute atomic E-state index is 12.4. The molecule has 2 rings (SSSR count). The molecule has 0 aliphatic carbocycles. The van der Waals surface area contributed by atoms with Gasteiger partial charge in [0.15, 0.2) is 0 Å². The van der Waals surface area contributed by atoms with Gasteiger partial charge in [0.2, 0.25) is 11.8 Å². The molecule has 3 N–H and O–H groups in total. The third-order valence-electron chi connectivity index (χ3n) is 3.76. The van der Waals surface area contributed by atoms with E-state index in [-0.39, 0.29) is 18.4 Å². The fraction of sp³-hybridized carbons (Fsp3) is 0.467. The molecular formula is C15H18Cl2N2O3. The Bertz CT molecular complexity index is 574. The van der Waals surface area contributed by atoms with E-state index in [9.17, 15) is 14.7 Å². The molecule has 1 heterocycles. The highest BCUT2D eigenvalue weighted by atomic mass is 35.5. The molecule has 1 aromatic rings. The minimum absolute atomic E-state index is 0.136. The molecule has 5 nitrogen and oxygen atoms in total. The second kappa shape index (κ2) is 6.86. The highest BCUT2D eigenvalue weighted by molar-refractivity contribution is 6.34. The molecule has 0 spiro atoms. The number of rotatable bonds is 4. The lowest BCUT2D eigenvalue weighted by atomic mass is 9.91. The summed E-state index contributed by atoms with van der Waals surface area (Å²) in [7, 11) is 0. The second-order valence-corrected chi connectivity index (χ2v) is 6.52. The highest BCUT2D eigenvalue weighted by Crippen LogP contribution is 2.27. The summed E-state index contributed by atoms with van der Waals surface area (Å²) in [5.74, 6) is -0.469. The first-order chi connectivity index (χ1) is 10.3. The molecule has 2 amide bonds. The average Bonchev–Trinajstić information content (AvgIpc) is 2.46. The van der Waals surface area contributed by atoms with Crippen molar-refractivity contribution in [1.82, 2.24) is 10.6 Å². The lowest BCUT2D eigenvalue weighted by Crippen LogP contribution is -2.55. The van der Waals surface area contributed by atoms with Crippen LogP contribution in [0.15, 0.2) is 18.2 Å². The zero-order chi connectivity index (χ0) is 16.3. The molecule has 0 unspecified atom stereocenters. The largest absolute Gasteiger partial charge is 0.394 e. The van der Waals surface area contributed by atoms with Gasteiger partial charge in [0.05, 0.1) is 12.1 Å². The van der Waals surface area contributed by atoms with Gasteiger partial charge in [0, 0.05) is 16.5 Å². The van der Waals surface area contributed by atoms with Crippen LogP contribution in [-0.4, -0.2) is 29.6 Å². The van der Waals surface area contributed by atoms with Crippen molar-refractivity contribution in [1.29, 1.82) is 0 Å². The smallest absolute Gasteiger partial charge is 0.243 e. The number of benzene rings is 1. The molecule has 0 saturated carbocycles. The van der Waals surface area contributed by atoms with Crippen molar-refractivity contribution < 1.29 is 14.7 Å². The van der Waals surface area contributed by atoms with Crippen molar-refractivity contribution in [2.75, 3.05) is 6.61 Å². The Morgan fingerprint density at radius 1 is 1.41 bits per heavy atom. The summed E-state index contributed by atoms with van der Waals surface area (Å²) in [6, 6.07) is 4.28. The number of hydrogen-bond donors (Lipinski definition) is 3. The van der Waals surface area contributed by atoms with Crippen LogP contribution in [0.5, 0.6) is 0 Å². The maximum Gasteiger partial charge on any atom is 0.243 e. The van der Waals surface area contributed by atoms with Crippen LogP contribution in [-0.2, 0) is 15.1 Å². The Kier molecular flexibility index (Phi) is 5.32. The summed E-state index contributed by atoms with van der Waals surface area (Å²) in [5.41, 5.74) is -0.434. The summed E-state index contributed by atoms with van der Waals surface area (Å²) >= 11 is 12.0. The predicted molar refractivity (Wildman–Crippen MR) is 84.8 cm³/mol. The van der Waals surface area contributed by atoms with Crippen molar-refractivity contribution in [2.24, 2.45) is 0 Å². The predicted octanol–water partition coefficient (Wildman–Crippen LogP) is 1.99. The third-order valence-corrected chi connectivity index (χ3v) is 4.20. The zero-order valence-corrected chi connectivity index (χ0v) is 13.7. The molecule has 0 bridgehead atoms. The number of aliphatic hydroxyl groups excluding tert-OH is 1. The van der Waals surface area contributed by atoms with Crippen LogP contribution >= 0.6 is 23.2 Å². The fourth-order valence-electron chi connectivity index (χ4n) is 2.44. The number of carbonyl (C=O) groups excluding carboxylic acids is 2. The Morgan fingerprint density at radius 3 is 2.59 bits per heavy atom. The first-order valence-corrected chi connectivity index (χ1v) is 7.78. The number of piperidine rings is 1. The van der Waals surface area contributed by atoms with E-state index in [1.807, 2.05) is 0 Å². The number of halogens is 2. The number of carbonyl (C=O) groups is 2. The van der Waals surface area contributed by atoms with E-state index in [0.29, 0.717) is 34.9 Å². The van der Waals surface area contributed by atoms with Crippen molar-refractivity contribution in [3.8, 4) is 0 Å². The quantitative estimate of drug-likeness (QED) is 0.781. The van der Waals surface area contributed by atoms with Crippen molar-refractivity contribution >= 4 is 35.0 Å². The van der Waals surface area contributed by atoms with Crippen LogP contribution in [0.1, 0.15) is 31.7 Å². The van der Waals surface area contributed by atoms with Crippen molar-refractivity contribution in [3.63, 3.8) is 0 Å². The van der Waals surface area contributed by atoms with E-state index in [1.165, 1.54) is 0 Å². The molecule has 0 aromatic heterocycles. The standard InChI is InChI=1S/C15H18Cl2N2O3/c1-15(8-20,9-5-10(16)7-11(17)6-9)19-14(22)12-3-2-4-13(21)18-12/h5-7,12,20H,2-4,8H2,1H3,(H,18,21)(H,19,22)/t12-,15+/m1/s1. The molecule has 1 aliphatic rings. The Balaban J connectivity index is 2.19. The molecule has 7 heteroatoms. The summed E-state index contributed by atoms with van der Waals surface area (Å²) < 4.78 is 0. The first kappa shape index (κ1) is 17.1. The van der Waals surface area contributed by atoms with Gasteiger partial charge in [-0.1, -0.05) is 23.2 Å². The average molecular weight is 345 g/mol. The van der Waals surface area contributed by atoms with Gasteiger partial charge in [-0.3, -0.25) is 9.59 Å². The molecule has 1 aromatic carbocycles. The first-order valence-electron chi connectivity index (χ1n) is 7.03. The summed E-state index contributed by atoms with van der Waals surface area (Å²) in [5, 5.41) is 16.0. The van der Waals surface area contributed by atoms with Gasteiger partial charge in [0.1, 0.15) is 6.04 Å². The number of amides is 2. The molecule has 1 aliphatic heterocycles. The van der Waals surface area contributed by atoms with Crippen molar-refractivity contribution in [2.45, 2.75) is 37.8 Å². The number of aliphatic hydroxyl groups is 1. The third kappa shape index (κ3) is 3.91. The topological polar surface area (TPSA) is 78.4 Å². The minimum atomic E-state index is -1.03. The molecule has 1 fully saturated rings. The summed E-state index contributed by atoms with van der Waals surface area (Å²) in [6.45, 7) is 1.35. The van der Waals surface area contributed by atoms with Crippen LogP contribution in [0.2, 0.25) is 10.0 Å². The van der Waals surface area contributed by atoms with Gasteiger partial charge in [-0.2, -0.15) is 0 Å². The number of hydrogen-bond acceptors (Lipinski definition) is 3. The Hall–Kier alpha value is -1.30. The van der Waals surface area contributed by atoms with E-state index in [1.54, 1.807) is 25.1 Å². The van der Waals surface area contributed by atoms with E-state index in [2.05, 4.69) is 10.6 Å². The van der Waals surface area contributed by atoms with E-state index < -0.39 is 11.6 Å². The van der Waals surface area contributed by atoms with Crippen LogP contribution in [0.4, 0.5) is 0 Å². The highest BCUT2D eigenvalue weighted by Gasteiger charge is 2.33. The monoisotopic (exact) mass is 344 g/mol. The molecule has 22 heavy (non-hydrogen) atoms. The Morgan fingerprint density at radius 2 is 2.05 bits per heavy atom. The molecule has 1 saturated heterocycles. The van der Waals surface area contributed by atoms with Crippen LogP contribution in [0.25, 0.3) is 0 Å². The van der Waals surface area contributed by atoms with Gasteiger partial charge in [-0.05, 0) is 43.5 Å². The molecular weight excluding hydrogens is 327 g/mol. The van der Waals surface area contributed by atoms with Crippen LogP contribution in [0.3, 0.4) is 0 Å². The lowest BCUT2D eigenvalue weighted by Gasteiger charge is -2.32. The SMILES string of the molecule is C[C@@](CO)(NC(=O)[C@H]1CCCC(=O)N1)c1cc(Cl)cc(Cl)c1. The van der Waals surface area contributed by atoms with E-state index in [0.717, 1.165) is 0 Å². The Labute approximate surface area is 139 Å². The normalized spacial score (nSPS) is 20.9. The van der Waals surface area contributed by atoms with Gasteiger partial charge >= 0.3 is 0 Å². The van der Waals surface area contributed by atoms with Crippen molar-refractivity contribution in [3.05, 3.63) is 33.8 Å². The molecule has 0 radical (unpaired) electrons. The molecule has 120 valence electrons. The lowest BCUT2D eigenvalue weighted by molar-refractivity contribution is -0.132. The van der Waals surface area contributed by atoms with E-state index >= 15 is 0 Å². The second-order valence-electron chi connectivity index (χ2n) is 5.65. The summed E-state index contributed by atoms with van der Waals surface area (Å²) in [6.07, 6.45) is 1.68. The zero-order valence-electron chi connectivity index (χ0n) is 12.2.